The second-order valence-corrected chi connectivity index (χ2v) is 3.48. The van der Waals surface area contributed by atoms with Gasteiger partial charge in [0, 0.05) is 0 Å². The Morgan fingerprint density at radius 2 is 1.83 bits per heavy atom. The lowest BCUT2D eigenvalue weighted by Crippen LogP contribution is -2.30. The lowest BCUT2D eigenvalue weighted by atomic mass is 10.2. The Kier molecular flexibility index (Phi) is 3.80. The van der Waals surface area contributed by atoms with Gasteiger partial charge in [-0.15, -0.1) is 0 Å². The standard InChI is InChI=1S/C9H4ClF4NO3/c10-4-1-3(7(16)17)5(11)2-6(4)15-8(18)9(12,13)14/h1-2H,(H,15,18)(H,16,17). The molecule has 0 aliphatic rings. The van der Waals surface area contributed by atoms with E-state index >= 15 is 0 Å². The lowest BCUT2D eigenvalue weighted by molar-refractivity contribution is -0.167. The molecule has 1 rings (SSSR count). The Bertz CT molecular complexity index is 515. The van der Waals surface area contributed by atoms with Crippen LogP contribution in [0.5, 0.6) is 0 Å². The molecule has 0 spiro atoms. The molecule has 0 aromatic heterocycles. The number of rotatable bonds is 2. The van der Waals surface area contributed by atoms with Gasteiger partial charge in [0.2, 0.25) is 0 Å². The van der Waals surface area contributed by atoms with Crippen molar-refractivity contribution >= 4 is 29.2 Å². The summed E-state index contributed by atoms with van der Waals surface area (Å²) in [4.78, 5) is 21.1. The molecular formula is C9H4ClF4NO3. The molecule has 0 unspecified atom stereocenters. The molecule has 0 saturated heterocycles. The number of aromatic carboxylic acids is 1. The van der Waals surface area contributed by atoms with Crippen molar-refractivity contribution in [2.24, 2.45) is 0 Å². The summed E-state index contributed by atoms with van der Waals surface area (Å²) >= 11 is 5.43. The van der Waals surface area contributed by atoms with Gasteiger partial charge in [0.1, 0.15) is 5.82 Å². The van der Waals surface area contributed by atoms with Crippen LogP contribution < -0.4 is 5.32 Å². The maximum Gasteiger partial charge on any atom is 0.471 e. The van der Waals surface area contributed by atoms with E-state index in [0.29, 0.717) is 12.1 Å². The van der Waals surface area contributed by atoms with Crippen LogP contribution in [0.2, 0.25) is 5.02 Å². The number of carboxylic acid groups (broad SMARTS) is 1. The zero-order valence-electron chi connectivity index (χ0n) is 8.31. The molecule has 0 bridgehead atoms. The van der Waals surface area contributed by atoms with Gasteiger partial charge in [-0.3, -0.25) is 4.79 Å². The molecular weight excluding hydrogens is 282 g/mol. The van der Waals surface area contributed by atoms with E-state index < -0.39 is 40.1 Å². The van der Waals surface area contributed by atoms with Gasteiger partial charge in [-0.1, -0.05) is 11.6 Å². The first-order valence-electron chi connectivity index (χ1n) is 4.23. The molecule has 0 aliphatic carbocycles. The normalized spacial score (nSPS) is 11.2. The minimum Gasteiger partial charge on any atom is -0.478 e. The van der Waals surface area contributed by atoms with Gasteiger partial charge >= 0.3 is 18.1 Å². The predicted molar refractivity (Wildman–Crippen MR) is 53.1 cm³/mol. The van der Waals surface area contributed by atoms with Crippen LogP contribution in [0.3, 0.4) is 0 Å². The van der Waals surface area contributed by atoms with Gasteiger partial charge in [0.05, 0.1) is 16.3 Å². The summed E-state index contributed by atoms with van der Waals surface area (Å²) in [5, 5.41) is 9.33. The number of carbonyl (C=O) groups is 2. The zero-order valence-corrected chi connectivity index (χ0v) is 9.06. The Balaban J connectivity index is 3.10. The number of nitrogens with one attached hydrogen (secondary N) is 1. The van der Waals surface area contributed by atoms with Crippen LogP contribution in [-0.4, -0.2) is 23.2 Å². The third-order valence-corrected chi connectivity index (χ3v) is 2.11. The molecule has 18 heavy (non-hydrogen) atoms. The van der Waals surface area contributed by atoms with Crippen molar-refractivity contribution in [3.8, 4) is 0 Å². The maximum absolute atomic E-state index is 13.2. The van der Waals surface area contributed by atoms with E-state index in [1.54, 1.807) is 0 Å². The fourth-order valence-corrected chi connectivity index (χ4v) is 1.21. The molecule has 0 heterocycles. The third-order valence-electron chi connectivity index (χ3n) is 1.79. The van der Waals surface area contributed by atoms with Crippen molar-refractivity contribution < 1.29 is 32.3 Å². The molecule has 9 heteroatoms. The Labute approximate surface area is 102 Å². The number of amides is 1. The molecule has 98 valence electrons. The molecule has 0 atom stereocenters. The molecule has 0 radical (unpaired) electrons. The summed E-state index contributed by atoms with van der Waals surface area (Å²) in [6.07, 6.45) is -5.16. The molecule has 0 saturated carbocycles. The number of benzene rings is 1. The van der Waals surface area contributed by atoms with E-state index in [1.807, 2.05) is 0 Å². The fraction of sp³-hybridized carbons (Fsp3) is 0.111. The second-order valence-electron chi connectivity index (χ2n) is 3.07. The second kappa shape index (κ2) is 4.81. The monoisotopic (exact) mass is 285 g/mol. The number of hydrogen-bond acceptors (Lipinski definition) is 2. The maximum atomic E-state index is 13.2. The molecule has 0 fully saturated rings. The van der Waals surface area contributed by atoms with Crippen molar-refractivity contribution in [1.82, 2.24) is 0 Å². The number of hydrogen-bond donors (Lipinski definition) is 2. The Morgan fingerprint density at radius 3 is 2.28 bits per heavy atom. The highest BCUT2D eigenvalue weighted by Crippen LogP contribution is 2.27. The number of alkyl halides is 3. The zero-order chi connectivity index (χ0) is 14.1. The van der Waals surface area contributed by atoms with E-state index in [9.17, 15) is 27.2 Å². The summed E-state index contributed by atoms with van der Waals surface area (Å²) in [5.41, 5.74) is -1.48. The lowest BCUT2D eigenvalue weighted by Gasteiger charge is -2.10. The van der Waals surface area contributed by atoms with E-state index in [2.05, 4.69) is 0 Å². The molecule has 1 amide bonds. The average Bonchev–Trinajstić information content (AvgIpc) is 2.21. The molecule has 4 nitrogen and oxygen atoms in total. The van der Waals surface area contributed by atoms with Crippen LogP contribution in [0, 0.1) is 5.82 Å². The van der Waals surface area contributed by atoms with Gasteiger partial charge in [-0.25, -0.2) is 9.18 Å². The minimum atomic E-state index is -5.16. The summed E-state index contributed by atoms with van der Waals surface area (Å²) < 4.78 is 49.0. The first-order chi connectivity index (χ1) is 8.12. The SMILES string of the molecule is O=C(O)c1cc(Cl)c(NC(=O)C(F)(F)F)cc1F. The van der Waals surface area contributed by atoms with Crippen LogP contribution in [0.25, 0.3) is 0 Å². The smallest absolute Gasteiger partial charge is 0.471 e. The number of carboxylic acids is 1. The van der Waals surface area contributed by atoms with E-state index in [0.717, 1.165) is 0 Å². The highest BCUT2D eigenvalue weighted by Gasteiger charge is 2.39. The molecule has 1 aromatic carbocycles. The fourth-order valence-electron chi connectivity index (χ4n) is 1.000. The highest BCUT2D eigenvalue weighted by molar-refractivity contribution is 6.34. The highest BCUT2D eigenvalue weighted by atomic mass is 35.5. The Morgan fingerprint density at radius 1 is 1.28 bits per heavy atom. The minimum absolute atomic E-state index is 0.398. The summed E-state index contributed by atoms with van der Waals surface area (Å²) in [6.45, 7) is 0. The van der Waals surface area contributed by atoms with Gasteiger partial charge in [-0.2, -0.15) is 13.2 Å². The largest absolute Gasteiger partial charge is 0.478 e. The van der Waals surface area contributed by atoms with Gasteiger partial charge in [-0.05, 0) is 12.1 Å². The van der Waals surface area contributed by atoms with Gasteiger partial charge in [0.15, 0.2) is 0 Å². The van der Waals surface area contributed by atoms with Crippen molar-refractivity contribution in [1.29, 1.82) is 0 Å². The van der Waals surface area contributed by atoms with E-state index in [1.165, 1.54) is 5.32 Å². The number of carbonyl (C=O) groups excluding carboxylic acids is 1. The molecule has 1 aromatic rings. The predicted octanol–water partition coefficient (Wildman–Crippen LogP) is 2.68. The quantitative estimate of drug-likeness (QED) is 0.821. The average molecular weight is 286 g/mol. The first kappa shape index (κ1) is 14.2. The molecule has 0 aliphatic heterocycles. The van der Waals surface area contributed by atoms with Crippen molar-refractivity contribution in [2.45, 2.75) is 6.18 Å². The topological polar surface area (TPSA) is 66.4 Å². The van der Waals surface area contributed by atoms with Crippen molar-refractivity contribution in [3.05, 3.63) is 28.5 Å². The van der Waals surface area contributed by atoms with Crippen molar-refractivity contribution in [3.63, 3.8) is 0 Å². The van der Waals surface area contributed by atoms with E-state index in [4.69, 9.17) is 16.7 Å². The summed E-state index contributed by atoms with van der Waals surface area (Å²) in [7, 11) is 0. The number of anilines is 1. The van der Waals surface area contributed by atoms with Crippen molar-refractivity contribution in [2.75, 3.05) is 5.32 Å². The first-order valence-corrected chi connectivity index (χ1v) is 4.61. The summed E-state index contributed by atoms with van der Waals surface area (Å²) in [6, 6.07) is 1.00. The molecule has 2 N–H and O–H groups in total. The Hall–Kier alpha value is -1.83. The third kappa shape index (κ3) is 3.10. The number of halogens is 5. The summed E-state index contributed by atoms with van der Waals surface area (Å²) in [5.74, 6) is -5.29. The van der Waals surface area contributed by atoms with Crippen LogP contribution >= 0.6 is 11.6 Å². The van der Waals surface area contributed by atoms with Gasteiger partial charge in [0.25, 0.3) is 0 Å². The van der Waals surface area contributed by atoms with E-state index in [-0.39, 0.29) is 0 Å². The van der Waals surface area contributed by atoms with Crippen LogP contribution in [0.4, 0.5) is 23.2 Å². The van der Waals surface area contributed by atoms with Gasteiger partial charge < -0.3 is 10.4 Å². The van der Waals surface area contributed by atoms with Crippen LogP contribution in [-0.2, 0) is 4.79 Å². The van der Waals surface area contributed by atoms with Crippen LogP contribution in [0.15, 0.2) is 12.1 Å². The van der Waals surface area contributed by atoms with Crippen LogP contribution in [0.1, 0.15) is 10.4 Å².